The number of hydrogen-bond donors (Lipinski definition) is 0. The number of rotatable bonds is 10. The van der Waals surface area contributed by atoms with Crippen LogP contribution in [-0.2, 0) is 6.54 Å². The van der Waals surface area contributed by atoms with Crippen LogP contribution in [0.2, 0.25) is 0 Å². The van der Waals surface area contributed by atoms with Gasteiger partial charge in [-0.3, -0.25) is 0 Å². The van der Waals surface area contributed by atoms with Gasteiger partial charge in [0.05, 0.1) is 6.10 Å². The maximum atomic E-state index is 10.5. The summed E-state index contributed by atoms with van der Waals surface area (Å²) in [5.41, 5.74) is 0.885. The summed E-state index contributed by atoms with van der Waals surface area (Å²) in [5, 5.41) is 2.97. The van der Waals surface area contributed by atoms with E-state index in [0.717, 1.165) is 24.2 Å². The van der Waals surface area contributed by atoms with Crippen molar-refractivity contribution in [2.24, 2.45) is 5.18 Å². The molecule has 0 bridgehead atoms. The third-order valence-corrected chi connectivity index (χ3v) is 3.26. The van der Waals surface area contributed by atoms with Gasteiger partial charge in [0.15, 0.2) is 0 Å². The van der Waals surface area contributed by atoms with Crippen LogP contribution in [0.3, 0.4) is 0 Å². The van der Waals surface area contributed by atoms with Crippen LogP contribution >= 0.6 is 0 Å². The van der Waals surface area contributed by atoms with E-state index in [1.807, 2.05) is 24.3 Å². The summed E-state index contributed by atoms with van der Waals surface area (Å²) < 4.78 is 6.10. The zero-order chi connectivity index (χ0) is 13.9. The molecule has 0 N–H and O–H groups in total. The number of unbranched alkanes of at least 4 members (excludes halogenated alkanes) is 2. The Bertz CT molecular complexity index is 358. The Morgan fingerprint density at radius 2 is 1.74 bits per heavy atom. The minimum Gasteiger partial charge on any atom is -0.490 e. The van der Waals surface area contributed by atoms with Crippen LogP contribution in [0, 0.1) is 4.91 Å². The summed E-state index contributed by atoms with van der Waals surface area (Å²) >= 11 is 0. The molecule has 3 heteroatoms. The molecule has 0 saturated carbocycles. The van der Waals surface area contributed by atoms with Crippen molar-refractivity contribution in [1.82, 2.24) is 0 Å². The van der Waals surface area contributed by atoms with Gasteiger partial charge in [0.1, 0.15) is 12.3 Å². The molecular weight excluding hydrogens is 238 g/mol. The highest BCUT2D eigenvalue weighted by Gasteiger charge is 2.12. The second-order valence-corrected chi connectivity index (χ2v) is 4.92. The molecule has 106 valence electrons. The van der Waals surface area contributed by atoms with Crippen LogP contribution in [0.5, 0.6) is 5.75 Å². The van der Waals surface area contributed by atoms with Crippen LogP contribution in [-0.4, -0.2) is 6.10 Å². The van der Waals surface area contributed by atoms with E-state index in [0.29, 0.717) is 0 Å². The Labute approximate surface area is 116 Å². The minimum absolute atomic E-state index is 0.185. The van der Waals surface area contributed by atoms with Crippen molar-refractivity contribution in [2.75, 3.05) is 0 Å². The molecule has 19 heavy (non-hydrogen) atoms. The monoisotopic (exact) mass is 263 g/mol. The van der Waals surface area contributed by atoms with Crippen LogP contribution < -0.4 is 4.74 Å². The van der Waals surface area contributed by atoms with Crippen molar-refractivity contribution in [3.05, 3.63) is 34.7 Å². The minimum atomic E-state index is 0.185. The molecule has 0 heterocycles. The Morgan fingerprint density at radius 3 is 2.32 bits per heavy atom. The number of hydrogen-bond acceptors (Lipinski definition) is 3. The smallest absolute Gasteiger partial charge is 0.124 e. The molecule has 0 aliphatic carbocycles. The first-order valence-corrected chi connectivity index (χ1v) is 7.35. The summed E-state index contributed by atoms with van der Waals surface area (Å²) in [5.74, 6) is 0.819. The highest BCUT2D eigenvalue weighted by Crippen LogP contribution is 2.23. The molecule has 0 radical (unpaired) electrons. The first-order valence-electron chi connectivity index (χ1n) is 7.35. The van der Waals surface area contributed by atoms with Crippen molar-refractivity contribution in [3.63, 3.8) is 0 Å². The van der Waals surface area contributed by atoms with E-state index in [1.165, 1.54) is 25.7 Å². The summed E-state index contributed by atoms with van der Waals surface area (Å²) in [6, 6.07) is 7.71. The number of ether oxygens (including phenoxy) is 1. The van der Waals surface area contributed by atoms with Gasteiger partial charge in [-0.1, -0.05) is 62.9 Å². The van der Waals surface area contributed by atoms with Crippen molar-refractivity contribution >= 4 is 0 Å². The molecule has 1 rings (SSSR count). The molecule has 0 spiro atoms. The average Bonchev–Trinajstić information content (AvgIpc) is 2.44. The van der Waals surface area contributed by atoms with Gasteiger partial charge in [-0.2, -0.15) is 4.91 Å². The van der Waals surface area contributed by atoms with Crippen LogP contribution in [0.1, 0.15) is 57.9 Å². The standard InChI is InChI=1S/C16H25NO2/c1-3-5-10-15(11-6-4-2)19-16-12-8-7-9-14(16)13-17-18/h7-9,12,15H,3-6,10-11,13H2,1-2H3. The second-order valence-electron chi connectivity index (χ2n) is 4.92. The summed E-state index contributed by atoms with van der Waals surface area (Å²) in [6.45, 7) is 4.58. The number of nitroso groups, excluding NO2 is 1. The van der Waals surface area contributed by atoms with E-state index >= 15 is 0 Å². The Hall–Kier alpha value is -1.38. The Balaban J connectivity index is 2.67. The first-order chi connectivity index (χ1) is 9.31. The fourth-order valence-electron chi connectivity index (χ4n) is 2.12. The highest BCUT2D eigenvalue weighted by molar-refractivity contribution is 5.33. The van der Waals surface area contributed by atoms with Crippen LogP contribution in [0.25, 0.3) is 0 Å². The molecular formula is C16H25NO2. The number of nitrogens with zero attached hydrogens (tertiary/aromatic N) is 1. The van der Waals surface area contributed by atoms with E-state index in [9.17, 15) is 4.91 Å². The number of benzene rings is 1. The number of para-hydroxylation sites is 1. The molecule has 0 aliphatic rings. The van der Waals surface area contributed by atoms with Crippen molar-refractivity contribution in [1.29, 1.82) is 0 Å². The van der Waals surface area contributed by atoms with Gasteiger partial charge >= 0.3 is 0 Å². The first kappa shape index (κ1) is 15.7. The van der Waals surface area contributed by atoms with Crippen LogP contribution in [0.15, 0.2) is 29.4 Å². The SMILES string of the molecule is CCCCC(CCCC)Oc1ccccc1CN=O. The normalized spacial score (nSPS) is 10.7. The molecule has 0 saturated heterocycles. The van der Waals surface area contributed by atoms with E-state index in [2.05, 4.69) is 19.0 Å². The quantitative estimate of drug-likeness (QED) is 0.552. The molecule has 3 nitrogen and oxygen atoms in total. The molecule has 0 aromatic heterocycles. The highest BCUT2D eigenvalue weighted by atomic mass is 16.5. The third-order valence-electron chi connectivity index (χ3n) is 3.26. The van der Waals surface area contributed by atoms with Gasteiger partial charge in [-0.05, 0) is 18.9 Å². The van der Waals surface area contributed by atoms with Crippen LogP contribution in [0.4, 0.5) is 0 Å². The van der Waals surface area contributed by atoms with Gasteiger partial charge in [0, 0.05) is 5.56 Å². The maximum absolute atomic E-state index is 10.5. The molecule has 0 unspecified atom stereocenters. The maximum Gasteiger partial charge on any atom is 0.124 e. The van der Waals surface area contributed by atoms with Gasteiger partial charge in [0.2, 0.25) is 0 Å². The largest absolute Gasteiger partial charge is 0.490 e. The third kappa shape index (κ3) is 5.86. The van der Waals surface area contributed by atoms with Crippen molar-refractivity contribution < 1.29 is 4.74 Å². The molecule has 0 amide bonds. The molecule has 1 aromatic carbocycles. The van der Waals surface area contributed by atoms with E-state index in [4.69, 9.17) is 4.74 Å². The Morgan fingerprint density at radius 1 is 1.11 bits per heavy atom. The van der Waals surface area contributed by atoms with E-state index in [-0.39, 0.29) is 12.6 Å². The Kier molecular flexibility index (Phi) is 7.87. The van der Waals surface area contributed by atoms with Gasteiger partial charge in [0.25, 0.3) is 0 Å². The molecule has 0 aliphatic heterocycles. The second kappa shape index (κ2) is 9.54. The summed E-state index contributed by atoms with van der Waals surface area (Å²) in [6.07, 6.45) is 7.16. The van der Waals surface area contributed by atoms with E-state index < -0.39 is 0 Å². The van der Waals surface area contributed by atoms with Gasteiger partial charge in [-0.15, -0.1) is 0 Å². The lowest BCUT2D eigenvalue weighted by atomic mass is 10.1. The van der Waals surface area contributed by atoms with E-state index in [1.54, 1.807) is 0 Å². The molecule has 0 fully saturated rings. The predicted molar refractivity (Wildman–Crippen MR) is 79.4 cm³/mol. The van der Waals surface area contributed by atoms with Gasteiger partial charge in [-0.25, -0.2) is 0 Å². The fraction of sp³-hybridized carbons (Fsp3) is 0.625. The zero-order valence-corrected chi connectivity index (χ0v) is 12.1. The zero-order valence-electron chi connectivity index (χ0n) is 12.1. The lowest BCUT2D eigenvalue weighted by molar-refractivity contribution is 0.173. The fourth-order valence-corrected chi connectivity index (χ4v) is 2.12. The lowest BCUT2D eigenvalue weighted by Gasteiger charge is -2.20. The topological polar surface area (TPSA) is 38.7 Å². The van der Waals surface area contributed by atoms with Crippen molar-refractivity contribution in [3.8, 4) is 5.75 Å². The summed E-state index contributed by atoms with van der Waals surface area (Å²) in [4.78, 5) is 10.5. The predicted octanol–water partition coefficient (Wildman–Crippen LogP) is 5.08. The molecule has 0 atom stereocenters. The summed E-state index contributed by atoms with van der Waals surface area (Å²) in [7, 11) is 0. The van der Waals surface area contributed by atoms with Gasteiger partial charge < -0.3 is 4.74 Å². The average molecular weight is 263 g/mol. The lowest BCUT2D eigenvalue weighted by Crippen LogP contribution is -2.17. The molecule has 1 aromatic rings. The van der Waals surface area contributed by atoms with Crippen molar-refractivity contribution in [2.45, 2.75) is 65.0 Å².